The van der Waals surface area contributed by atoms with Crippen LogP contribution in [0.4, 0.5) is 37.7 Å². The number of rotatable bonds is 7. The van der Waals surface area contributed by atoms with E-state index in [2.05, 4.69) is 20.8 Å². The second-order valence-corrected chi connectivity index (χ2v) is 8.01. The standard InChI is InChI=1S/C14H14F3NO3.C12H10F3N3O/c1-3-21-8-12(9(2)19)13(20)18-11-6-4-10(5-7-11)14(15,16)17;1-7-10(6-16-18-7)11(19)17-9-4-2-8(3-5-9)12(13,14)15/h4-8H,3H2,1-2H3,(H,18,20);2-6H,1H3,(H,16,18)(H,17,19)/b12-8+;. The van der Waals surface area contributed by atoms with Gasteiger partial charge in [0, 0.05) is 17.1 Å². The van der Waals surface area contributed by atoms with Gasteiger partial charge in [0.1, 0.15) is 5.57 Å². The lowest BCUT2D eigenvalue weighted by atomic mass is 10.1. The topological polar surface area (TPSA) is 113 Å². The first kappa shape index (κ1) is 31.6. The number of benzene rings is 2. The maximum Gasteiger partial charge on any atom is 0.416 e. The summed E-state index contributed by atoms with van der Waals surface area (Å²) in [5, 5.41) is 11.1. The zero-order valence-electron chi connectivity index (χ0n) is 21.3. The van der Waals surface area contributed by atoms with Gasteiger partial charge >= 0.3 is 12.4 Å². The number of hydrogen-bond acceptors (Lipinski definition) is 5. The van der Waals surface area contributed by atoms with Crippen molar-refractivity contribution in [2.75, 3.05) is 17.2 Å². The lowest BCUT2D eigenvalue weighted by Crippen LogP contribution is -2.19. The molecule has 2 aromatic carbocycles. The molecule has 3 N–H and O–H groups in total. The van der Waals surface area contributed by atoms with E-state index in [0.717, 1.165) is 42.7 Å². The molecule has 0 saturated heterocycles. The van der Waals surface area contributed by atoms with Crippen LogP contribution in [0.1, 0.15) is 41.0 Å². The highest BCUT2D eigenvalue weighted by Gasteiger charge is 2.31. The maximum atomic E-state index is 12.4. The zero-order chi connectivity index (χ0) is 30.1. The second-order valence-electron chi connectivity index (χ2n) is 8.01. The first-order chi connectivity index (χ1) is 18.6. The van der Waals surface area contributed by atoms with Crippen molar-refractivity contribution in [1.82, 2.24) is 10.2 Å². The molecule has 3 aromatic rings. The summed E-state index contributed by atoms with van der Waals surface area (Å²) in [6, 6.07) is 8.14. The van der Waals surface area contributed by atoms with Crippen LogP contribution in [0.5, 0.6) is 0 Å². The lowest BCUT2D eigenvalue weighted by molar-refractivity contribution is -0.138. The second kappa shape index (κ2) is 13.4. The van der Waals surface area contributed by atoms with Crippen molar-refractivity contribution in [3.8, 4) is 0 Å². The number of aryl methyl sites for hydroxylation is 1. The van der Waals surface area contributed by atoms with Gasteiger partial charge in [-0.1, -0.05) is 0 Å². The van der Waals surface area contributed by atoms with Crippen molar-refractivity contribution < 1.29 is 45.5 Å². The maximum absolute atomic E-state index is 12.4. The molecule has 2 amide bonds. The molecule has 0 aliphatic heterocycles. The monoisotopic (exact) mass is 570 g/mol. The summed E-state index contributed by atoms with van der Waals surface area (Å²) in [5.41, 5.74) is -0.418. The minimum atomic E-state index is -4.44. The van der Waals surface area contributed by atoms with Crippen LogP contribution in [0, 0.1) is 6.92 Å². The third kappa shape index (κ3) is 9.29. The Labute approximate surface area is 224 Å². The van der Waals surface area contributed by atoms with Crippen LogP contribution in [0.3, 0.4) is 0 Å². The van der Waals surface area contributed by atoms with Gasteiger partial charge < -0.3 is 15.4 Å². The Morgan fingerprint density at radius 1 is 0.875 bits per heavy atom. The third-order valence-corrected chi connectivity index (χ3v) is 5.01. The Morgan fingerprint density at radius 2 is 1.35 bits per heavy atom. The molecule has 14 heteroatoms. The van der Waals surface area contributed by atoms with Crippen molar-refractivity contribution in [2.24, 2.45) is 0 Å². The molecular formula is C26H24F6N4O4. The number of nitrogens with one attached hydrogen (secondary N) is 3. The average Bonchev–Trinajstić information content (AvgIpc) is 3.30. The fourth-order valence-corrected chi connectivity index (χ4v) is 2.92. The van der Waals surface area contributed by atoms with Crippen LogP contribution >= 0.6 is 0 Å². The van der Waals surface area contributed by atoms with Gasteiger partial charge in [0.05, 0.1) is 35.8 Å². The summed E-state index contributed by atoms with van der Waals surface area (Å²) in [4.78, 5) is 34.9. The molecule has 3 rings (SSSR count). The molecule has 40 heavy (non-hydrogen) atoms. The molecule has 0 aliphatic carbocycles. The van der Waals surface area contributed by atoms with Crippen LogP contribution in [-0.2, 0) is 26.7 Å². The number of ketones is 1. The van der Waals surface area contributed by atoms with E-state index in [-0.39, 0.29) is 17.9 Å². The SMILES string of the molecule is CCO/C=C(\C(C)=O)C(=O)Nc1ccc(C(F)(F)F)cc1.Cc1[nH]ncc1C(=O)Nc1ccc(C(F)(F)F)cc1. The minimum Gasteiger partial charge on any atom is -0.501 e. The summed E-state index contributed by atoms with van der Waals surface area (Å²) < 4.78 is 79.2. The highest BCUT2D eigenvalue weighted by atomic mass is 19.4. The number of carbonyl (C=O) groups is 3. The number of aromatic nitrogens is 2. The molecule has 0 radical (unpaired) electrons. The minimum absolute atomic E-state index is 0.150. The number of anilines is 2. The summed E-state index contributed by atoms with van der Waals surface area (Å²) >= 11 is 0. The fourth-order valence-electron chi connectivity index (χ4n) is 2.92. The molecule has 0 atom stereocenters. The number of Topliss-reactive ketones (excluding diaryl/α,β-unsaturated/α-hetero) is 1. The first-order valence-electron chi connectivity index (χ1n) is 11.4. The van der Waals surface area contributed by atoms with Crippen LogP contribution in [-0.4, -0.2) is 34.4 Å². The molecule has 0 spiro atoms. The van der Waals surface area contributed by atoms with Crippen LogP contribution in [0.2, 0.25) is 0 Å². The lowest BCUT2D eigenvalue weighted by Gasteiger charge is -2.09. The number of nitrogens with zero attached hydrogens (tertiary/aromatic N) is 1. The molecule has 1 heterocycles. The molecule has 0 bridgehead atoms. The van der Waals surface area contributed by atoms with Gasteiger partial charge in [0.25, 0.3) is 11.8 Å². The van der Waals surface area contributed by atoms with Gasteiger partial charge in [0.2, 0.25) is 0 Å². The Hall–Kier alpha value is -4.62. The fraction of sp³-hybridized carbons (Fsp3) is 0.231. The Morgan fingerprint density at radius 3 is 1.73 bits per heavy atom. The number of amides is 2. The van der Waals surface area contributed by atoms with Gasteiger partial charge in [0.15, 0.2) is 5.78 Å². The molecule has 0 saturated carbocycles. The van der Waals surface area contributed by atoms with Crippen molar-refractivity contribution in [1.29, 1.82) is 0 Å². The van der Waals surface area contributed by atoms with Gasteiger partial charge in [-0.3, -0.25) is 19.5 Å². The molecule has 0 unspecified atom stereocenters. The van der Waals surface area contributed by atoms with E-state index in [4.69, 9.17) is 4.74 Å². The number of halogens is 6. The van der Waals surface area contributed by atoms with Gasteiger partial charge in [-0.25, -0.2) is 0 Å². The molecule has 8 nitrogen and oxygen atoms in total. The average molecular weight is 570 g/mol. The first-order valence-corrected chi connectivity index (χ1v) is 11.4. The Bertz CT molecular complexity index is 1350. The smallest absolute Gasteiger partial charge is 0.416 e. The predicted octanol–water partition coefficient (Wildman–Crippen LogP) is 6.14. The van der Waals surface area contributed by atoms with E-state index in [1.165, 1.54) is 25.3 Å². The summed E-state index contributed by atoms with van der Waals surface area (Å²) in [5.74, 6) is -1.67. The number of ether oxygens (including phenoxy) is 1. The number of alkyl halides is 6. The van der Waals surface area contributed by atoms with Gasteiger partial charge in [-0.2, -0.15) is 31.4 Å². The van der Waals surface area contributed by atoms with E-state index < -0.39 is 41.1 Å². The van der Waals surface area contributed by atoms with E-state index in [0.29, 0.717) is 16.9 Å². The van der Waals surface area contributed by atoms with Crippen LogP contribution in [0.25, 0.3) is 0 Å². The summed E-state index contributed by atoms with van der Waals surface area (Å²) in [7, 11) is 0. The van der Waals surface area contributed by atoms with Crippen LogP contribution < -0.4 is 10.6 Å². The molecule has 214 valence electrons. The van der Waals surface area contributed by atoms with E-state index in [1.54, 1.807) is 13.8 Å². The number of H-pyrrole nitrogens is 1. The normalized spacial score (nSPS) is 11.7. The van der Waals surface area contributed by atoms with Crippen molar-refractivity contribution in [3.63, 3.8) is 0 Å². The molecule has 1 aromatic heterocycles. The van der Waals surface area contributed by atoms with E-state index in [1.807, 2.05) is 0 Å². The zero-order valence-corrected chi connectivity index (χ0v) is 21.3. The van der Waals surface area contributed by atoms with Gasteiger partial charge in [-0.05, 0) is 69.3 Å². The van der Waals surface area contributed by atoms with Crippen molar-refractivity contribution >= 4 is 29.0 Å². The number of hydrogen-bond donors (Lipinski definition) is 3. The number of aromatic amines is 1. The quantitative estimate of drug-likeness (QED) is 0.104. The highest BCUT2D eigenvalue weighted by Crippen LogP contribution is 2.30. The Balaban J connectivity index is 0.000000281. The number of carbonyl (C=O) groups excluding carboxylic acids is 3. The third-order valence-electron chi connectivity index (χ3n) is 5.01. The predicted molar refractivity (Wildman–Crippen MR) is 133 cm³/mol. The Kier molecular flexibility index (Phi) is 10.6. The van der Waals surface area contributed by atoms with Crippen LogP contribution in [0.15, 0.2) is 66.6 Å². The highest BCUT2D eigenvalue weighted by molar-refractivity contribution is 6.22. The van der Waals surface area contributed by atoms with Crippen molar-refractivity contribution in [2.45, 2.75) is 33.1 Å². The van der Waals surface area contributed by atoms with Crippen molar-refractivity contribution in [3.05, 3.63) is 88.9 Å². The van der Waals surface area contributed by atoms with Gasteiger partial charge in [-0.15, -0.1) is 0 Å². The summed E-state index contributed by atoms with van der Waals surface area (Å²) in [6.07, 6.45) is -6.44. The molecule has 0 aliphatic rings. The molecular weight excluding hydrogens is 546 g/mol. The summed E-state index contributed by atoms with van der Waals surface area (Å²) in [6.45, 7) is 4.83. The molecule has 0 fully saturated rings. The van der Waals surface area contributed by atoms with E-state index >= 15 is 0 Å². The largest absolute Gasteiger partial charge is 0.501 e. The van der Waals surface area contributed by atoms with E-state index in [9.17, 15) is 40.7 Å².